The monoisotopic (exact) mass is 333 g/mol. The first-order valence-electron chi connectivity index (χ1n) is 6.27. The molecule has 0 unspecified atom stereocenters. The van der Waals surface area contributed by atoms with Crippen molar-refractivity contribution in [2.45, 2.75) is 32.4 Å². The Balaban J connectivity index is 2.33. The SMILES string of the molecule is CC(C)(C)OC(=O)N1[C@@H](c2ccc(Cl)cc2)COS1(=O)=O. The molecule has 1 amide bonds. The normalized spacial score (nSPS) is 21.3. The summed E-state index contributed by atoms with van der Waals surface area (Å²) in [5.41, 5.74) is -0.203. The predicted molar refractivity (Wildman–Crippen MR) is 77.1 cm³/mol. The van der Waals surface area contributed by atoms with Crippen LogP contribution in [0.15, 0.2) is 24.3 Å². The molecule has 2 rings (SSSR count). The summed E-state index contributed by atoms with van der Waals surface area (Å²) in [6.07, 6.45) is -0.958. The number of hydrogen-bond acceptors (Lipinski definition) is 5. The van der Waals surface area contributed by atoms with Crippen LogP contribution in [0.2, 0.25) is 5.02 Å². The van der Waals surface area contributed by atoms with Crippen molar-refractivity contribution in [3.63, 3.8) is 0 Å². The van der Waals surface area contributed by atoms with E-state index in [0.29, 0.717) is 14.9 Å². The number of amides is 1. The van der Waals surface area contributed by atoms with Gasteiger partial charge in [-0.25, -0.2) is 4.79 Å². The number of halogens is 1. The second-order valence-corrected chi connectivity index (χ2v) is 7.51. The fourth-order valence-corrected chi connectivity index (χ4v) is 3.13. The minimum Gasteiger partial charge on any atom is -0.443 e. The predicted octanol–water partition coefficient (Wildman–Crippen LogP) is 2.89. The molecule has 1 aromatic carbocycles. The van der Waals surface area contributed by atoms with Crippen molar-refractivity contribution in [3.05, 3.63) is 34.9 Å². The molecule has 1 atom stereocenters. The van der Waals surface area contributed by atoms with E-state index in [1.54, 1.807) is 45.0 Å². The largest absolute Gasteiger partial charge is 0.443 e. The Kier molecular flexibility index (Phi) is 4.19. The quantitative estimate of drug-likeness (QED) is 0.790. The summed E-state index contributed by atoms with van der Waals surface area (Å²) < 4.78 is 34.3. The van der Waals surface area contributed by atoms with Crippen molar-refractivity contribution in [1.29, 1.82) is 0 Å². The Morgan fingerprint density at radius 3 is 2.43 bits per heavy atom. The molecule has 0 saturated carbocycles. The lowest BCUT2D eigenvalue weighted by Gasteiger charge is -2.26. The summed E-state index contributed by atoms with van der Waals surface area (Å²) in [6, 6.07) is 5.77. The van der Waals surface area contributed by atoms with Crippen LogP contribution in [0.1, 0.15) is 32.4 Å². The second kappa shape index (κ2) is 5.47. The zero-order valence-electron chi connectivity index (χ0n) is 11.9. The molecule has 0 aromatic heterocycles. The van der Waals surface area contributed by atoms with E-state index < -0.39 is 28.0 Å². The lowest BCUT2D eigenvalue weighted by molar-refractivity contribution is 0.0356. The lowest BCUT2D eigenvalue weighted by atomic mass is 10.1. The third-order valence-electron chi connectivity index (χ3n) is 2.73. The molecule has 6 nitrogen and oxygen atoms in total. The van der Waals surface area contributed by atoms with Crippen LogP contribution in [0.5, 0.6) is 0 Å². The van der Waals surface area contributed by atoms with Crippen LogP contribution in [-0.2, 0) is 19.2 Å². The first-order valence-corrected chi connectivity index (χ1v) is 8.02. The van der Waals surface area contributed by atoms with Crippen molar-refractivity contribution >= 4 is 28.0 Å². The number of nitrogens with zero attached hydrogens (tertiary/aromatic N) is 1. The average molecular weight is 334 g/mol. The van der Waals surface area contributed by atoms with Crippen molar-refractivity contribution in [2.24, 2.45) is 0 Å². The summed E-state index contributed by atoms with van der Waals surface area (Å²) in [5, 5.41) is 0.518. The Morgan fingerprint density at radius 1 is 1.33 bits per heavy atom. The van der Waals surface area contributed by atoms with E-state index in [0.717, 1.165) is 0 Å². The number of rotatable bonds is 1. The van der Waals surface area contributed by atoms with Crippen molar-refractivity contribution < 1.29 is 22.1 Å². The Bertz CT molecular complexity index is 636. The summed E-state index contributed by atoms with van der Waals surface area (Å²) in [6.45, 7) is 4.83. The molecule has 1 fully saturated rings. The van der Waals surface area contributed by atoms with E-state index in [-0.39, 0.29) is 6.61 Å². The highest BCUT2D eigenvalue weighted by Gasteiger charge is 2.45. The van der Waals surface area contributed by atoms with Gasteiger partial charge in [0, 0.05) is 5.02 Å². The minimum atomic E-state index is -4.14. The maximum Gasteiger partial charge on any atom is 0.426 e. The molecule has 1 heterocycles. The van der Waals surface area contributed by atoms with E-state index in [9.17, 15) is 13.2 Å². The molecule has 8 heteroatoms. The van der Waals surface area contributed by atoms with Gasteiger partial charge in [0.05, 0.1) is 6.61 Å². The third-order valence-corrected chi connectivity index (χ3v) is 4.30. The van der Waals surface area contributed by atoms with Gasteiger partial charge in [-0.2, -0.15) is 12.7 Å². The molecule has 1 aliphatic heterocycles. The topological polar surface area (TPSA) is 72.9 Å². The van der Waals surface area contributed by atoms with Crippen molar-refractivity contribution in [3.8, 4) is 0 Å². The molecule has 1 aliphatic rings. The molecule has 0 radical (unpaired) electrons. The summed E-state index contributed by atoms with van der Waals surface area (Å²) in [7, 11) is -4.14. The molecular formula is C13H16ClNO5S. The molecule has 0 bridgehead atoms. The first-order chi connectivity index (χ1) is 9.60. The number of carbonyl (C=O) groups excluding carboxylic acids is 1. The summed E-state index contributed by atoms with van der Waals surface area (Å²) in [4.78, 5) is 12.1. The number of carbonyl (C=O) groups is 1. The standard InChI is InChI=1S/C13H16ClNO5S/c1-13(2,3)20-12(16)15-11(8-19-21(15,17)18)9-4-6-10(14)7-5-9/h4-7,11H,8H2,1-3H3/t11-/m1/s1. The fourth-order valence-electron chi connectivity index (χ4n) is 1.87. The lowest BCUT2D eigenvalue weighted by Crippen LogP contribution is -2.39. The molecule has 0 spiro atoms. The van der Waals surface area contributed by atoms with Crippen LogP contribution in [0.3, 0.4) is 0 Å². The number of hydrogen-bond donors (Lipinski definition) is 0. The second-order valence-electron chi connectivity index (χ2n) is 5.59. The Hall–Kier alpha value is -1.31. The maximum absolute atomic E-state index is 12.1. The van der Waals surface area contributed by atoms with Gasteiger partial charge in [-0.3, -0.25) is 4.18 Å². The van der Waals surface area contributed by atoms with Gasteiger partial charge >= 0.3 is 16.4 Å². The van der Waals surface area contributed by atoms with Crippen LogP contribution < -0.4 is 0 Å². The molecule has 0 N–H and O–H groups in total. The highest BCUT2D eigenvalue weighted by molar-refractivity contribution is 7.85. The fraction of sp³-hybridized carbons (Fsp3) is 0.462. The molecular weight excluding hydrogens is 318 g/mol. The summed E-state index contributed by atoms with van der Waals surface area (Å²) in [5.74, 6) is 0. The van der Waals surface area contributed by atoms with Crippen LogP contribution in [0.4, 0.5) is 4.79 Å². The van der Waals surface area contributed by atoms with E-state index in [2.05, 4.69) is 0 Å². The van der Waals surface area contributed by atoms with Gasteiger partial charge in [0.1, 0.15) is 11.6 Å². The molecule has 21 heavy (non-hydrogen) atoms. The third kappa shape index (κ3) is 3.66. The van der Waals surface area contributed by atoms with Crippen LogP contribution in [0.25, 0.3) is 0 Å². The van der Waals surface area contributed by atoms with Crippen molar-refractivity contribution in [2.75, 3.05) is 6.61 Å². The zero-order chi connectivity index (χ0) is 15.8. The number of benzene rings is 1. The Morgan fingerprint density at radius 2 is 1.90 bits per heavy atom. The van der Waals surface area contributed by atoms with E-state index in [1.807, 2.05) is 0 Å². The van der Waals surface area contributed by atoms with Crippen LogP contribution >= 0.6 is 11.6 Å². The van der Waals surface area contributed by atoms with Crippen LogP contribution in [0, 0.1) is 0 Å². The Labute approximate surface area is 128 Å². The van der Waals surface area contributed by atoms with Gasteiger partial charge in [-0.05, 0) is 38.5 Å². The van der Waals surface area contributed by atoms with E-state index in [4.69, 9.17) is 20.5 Å². The van der Waals surface area contributed by atoms with Gasteiger partial charge < -0.3 is 4.74 Å². The maximum atomic E-state index is 12.1. The van der Waals surface area contributed by atoms with Gasteiger partial charge in [0.2, 0.25) is 0 Å². The van der Waals surface area contributed by atoms with Gasteiger partial charge in [0.15, 0.2) is 0 Å². The molecule has 116 valence electrons. The first kappa shape index (κ1) is 16.1. The molecule has 1 saturated heterocycles. The van der Waals surface area contributed by atoms with Crippen LogP contribution in [-0.4, -0.2) is 31.0 Å². The smallest absolute Gasteiger partial charge is 0.426 e. The van der Waals surface area contributed by atoms with Gasteiger partial charge in [-0.1, -0.05) is 23.7 Å². The highest BCUT2D eigenvalue weighted by atomic mass is 35.5. The summed E-state index contributed by atoms with van der Waals surface area (Å²) >= 11 is 5.81. The molecule has 1 aromatic rings. The minimum absolute atomic E-state index is 0.150. The average Bonchev–Trinajstić information content (AvgIpc) is 2.64. The number of ether oxygens (including phenoxy) is 1. The zero-order valence-corrected chi connectivity index (χ0v) is 13.4. The van der Waals surface area contributed by atoms with Gasteiger partial charge in [-0.15, -0.1) is 0 Å². The highest BCUT2D eigenvalue weighted by Crippen LogP contribution is 2.33. The van der Waals surface area contributed by atoms with Gasteiger partial charge in [0.25, 0.3) is 0 Å². The van der Waals surface area contributed by atoms with E-state index in [1.165, 1.54) is 0 Å². The van der Waals surface area contributed by atoms with E-state index >= 15 is 0 Å². The molecule has 0 aliphatic carbocycles. The van der Waals surface area contributed by atoms with Crippen molar-refractivity contribution in [1.82, 2.24) is 4.31 Å².